The number of nitrogens with zero attached hydrogens (tertiary/aromatic N) is 2. The van der Waals surface area contributed by atoms with Crippen LogP contribution in [0.4, 0.5) is 11.8 Å². The summed E-state index contributed by atoms with van der Waals surface area (Å²) in [6, 6.07) is 0. The third-order valence-electron chi connectivity index (χ3n) is 1.28. The molecule has 0 aliphatic carbocycles. The summed E-state index contributed by atoms with van der Waals surface area (Å²) < 4.78 is 0.722. The van der Waals surface area contributed by atoms with Crippen LogP contribution in [0.3, 0.4) is 0 Å². The minimum Gasteiger partial charge on any atom is -0.395 e. The van der Waals surface area contributed by atoms with Crippen LogP contribution in [0, 0.1) is 0 Å². The van der Waals surface area contributed by atoms with Crippen molar-refractivity contribution in [1.82, 2.24) is 9.97 Å². The van der Waals surface area contributed by atoms with E-state index in [1.807, 2.05) is 0 Å². The van der Waals surface area contributed by atoms with Crippen molar-refractivity contribution in [2.75, 3.05) is 23.9 Å². The third kappa shape index (κ3) is 2.79. The van der Waals surface area contributed by atoms with Gasteiger partial charge in [-0.05, 0) is 15.9 Å². The molecule has 6 nitrogen and oxygen atoms in total. The second-order valence-corrected chi connectivity index (χ2v) is 3.04. The van der Waals surface area contributed by atoms with Crippen molar-refractivity contribution < 1.29 is 5.11 Å². The lowest BCUT2D eigenvalue weighted by Gasteiger charge is -2.06. The number of hydrogen-bond acceptors (Lipinski definition) is 6. The number of halogens is 1. The second kappa shape index (κ2) is 4.95. The summed E-state index contributed by atoms with van der Waals surface area (Å²) in [7, 11) is 0. The van der Waals surface area contributed by atoms with Crippen LogP contribution >= 0.6 is 15.9 Å². The molecular weight excluding hydrogens is 238 g/mol. The van der Waals surface area contributed by atoms with Crippen LogP contribution < -0.4 is 16.6 Å². The van der Waals surface area contributed by atoms with E-state index in [2.05, 4.69) is 36.6 Å². The summed E-state index contributed by atoms with van der Waals surface area (Å²) in [4.78, 5) is 7.88. The Bertz CT molecular complexity index is 282. The van der Waals surface area contributed by atoms with Crippen LogP contribution in [0.5, 0.6) is 0 Å². The highest BCUT2D eigenvalue weighted by Crippen LogP contribution is 2.19. The van der Waals surface area contributed by atoms with Crippen molar-refractivity contribution in [3.8, 4) is 0 Å². The number of rotatable bonds is 4. The monoisotopic (exact) mass is 247 g/mol. The number of hydrazine groups is 1. The van der Waals surface area contributed by atoms with Gasteiger partial charge in [-0.2, -0.15) is 4.98 Å². The van der Waals surface area contributed by atoms with E-state index in [9.17, 15) is 0 Å². The topological polar surface area (TPSA) is 96.1 Å². The minimum absolute atomic E-state index is 0.0435. The van der Waals surface area contributed by atoms with Gasteiger partial charge in [-0.3, -0.25) is 5.43 Å². The predicted molar refractivity (Wildman–Crippen MR) is 53.1 cm³/mol. The Morgan fingerprint density at radius 3 is 3.00 bits per heavy atom. The lowest BCUT2D eigenvalue weighted by atomic mass is 10.5. The van der Waals surface area contributed by atoms with Crippen LogP contribution in [0.2, 0.25) is 0 Å². The molecule has 1 aromatic rings. The number of hydrogen-bond donors (Lipinski definition) is 4. The van der Waals surface area contributed by atoms with E-state index in [-0.39, 0.29) is 6.61 Å². The summed E-state index contributed by atoms with van der Waals surface area (Å²) in [6.07, 6.45) is 1.57. The highest BCUT2D eigenvalue weighted by atomic mass is 79.9. The number of nitrogens with two attached hydrogens (primary N) is 1. The zero-order chi connectivity index (χ0) is 9.68. The van der Waals surface area contributed by atoms with E-state index in [0.29, 0.717) is 18.3 Å². The third-order valence-corrected chi connectivity index (χ3v) is 1.86. The smallest absolute Gasteiger partial charge is 0.239 e. The molecule has 5 N–H and O–H groups in total. The minimum atomic E-state index is 0.0435. The van der Waals surface area contributed by atoms with Gasteiger partial charge < -0.3 is 10.4 Å². The molecule has 0 fully saturated rings. The highest BCUT2D eigenvalue weighted by Gasteiger charge is 2.02. The standard InChI is InChI=1S/C6H10BrN5O/c7-4-3-10-6(12-8)11-5(4)9-1-2-13/h3,13H,1-2,8H2,(H2,9,10,11,12). The molecule has 0 saturated heterocycles. The molecule has 13 heavy (non-hydrogen) atoms. The van der Waals surface area contributed by atoms with Gasteiger partial charge in [0.2, 0.25) is 5.95 Å². The molecule has 0 amide bonds. The van der Waals surface area contributed by atoms with E-state index < -0.39 is 0 Å². The molecule has 0 bridgehead atoms. The van der Waals surface area contributed by atoms with E-state index in [1.54, 1.807) is 6.20 Å². The fraction of sp³-hybridized carbons (Fsp3) is 0.333. The first kappa shape index (κ1) is 10.2. The van der Waals surface area contributed by atoms with Crippen LogP contribution in [-0.2, 0) is 0 Å². The molecule has 72 valence electrons. The normalized spacial score (nSPS) is 9.77. The number of anilines is 2. The van der Waals surface area contributed by atoms with Crippen molar-refractivity contribution in [3.63, 3.8) is 0 Å². The Labute approximate surface area is 83.7 Å². The molecule has 1 rings (SSSR count). The molecule has 0 spiro atoms. The van der Waals surface area contributed by atoms with Crippen LogP contribution in [-0.4, -0.2) is 28.2 Å². The van der Waals surface area contributed by atoms with Gasteiger partial charge in [-0.1, -0.05) is 0 Å². The lowest BCUT2D eigenvalue weighted by molar-refractivity contribution is 0.311. The van der Waals surface area contributed by atoms with Gasteiger partial charge in [0.15, 0.2) is 0 Å². The van der Waals surface area contributed by atoms with Gasteiger partial charge in [-0.15, -0.1) is 0 Å². The van der Waals surface area contributed by atoms with Crippen molar-refractivity contribution in [3.05, 3.63) is 10.7 Å². The fourth-order valence-corrected chi connectivity index (χ4v) is 1.07. The van der Waals surface area contributed by atoms with E-state index in [4.69, 9.17) is 10.9 Å². The maximum atomic E-state index is 8.58. The number of nitrogen functional groups attached to an aromatic ring is 1. The van der Waals surface area contributed by atoms with Crippen molar-refractivity contribution in [2.45, 2.75) is 0 Å². The summed E-state index contributed by atoms with van der Waals surface area (Å²) in [6.45, 7) is 0.474. The fourth-order valence-electron chi connectivity index (χ4n) is 0.735. The predicted octanol–water partition coefficient (Wildman–Crippen LogP) is -0.0711. The summed E-state index contributed by atoms with van der Waals surface area (Å²) >= 11 is 3.25. The summed E-state index contributed by atoms with van der Waals surface area (Å²) in [5, 5.41) is 11.5. The van der Waals surface area contributed by atoms with E-state index in [1.165, 1.54) is 0 Å². The molecule has 1 aromatic heterocycles. The van der Waals surface area contributed by atoms with Gasteiger partial charge in [-0.25, -0.2) is 10.8 Å². The first-order valence-electron chi connectivity index (χ1n) is 3.62. The molecule has 0 aliphatic heterocycles. The zero-order valence-corrected chi connectivity index (χ0v) is 8.37. The highest BCUT2D eigenvalue weighted by molar-refractivity contribution is 9.10. The Morgan fingerprint density at radius 1 is 1.62 bits per heavy atom. The number of aliphatic hydroxyl groups is 1. The maximum Gasteiger partial charge on any atom is 0.239 e. The lowest BCUT2D eigenvalue weighted by Crippen LogP contribution is -2.13. The van der Waals surface area contributed by atoms with E-state index in [0.717, 1.165) is 4.47 Å². The van der Waals surface area contributed by atoms with Gasteiger partial charge in [0.25, 0.3) is 0 Å². The molecule has 1 heterocycles. The molecule has 0 atom stereocenters. The van der Waals surface area contributed by atoms with Crippen LogP contribution in [0.15, 0.2) is 10.7 Å². The largest absolute Gasteiger partial charge is 0.395 e. The average Bonchev–Trinajstić information content (AvgIpc) is 2.17. The maximum absolute atomic E-state index is 8.58. The second-order valence-electron chi connectivity index (χ2n) is 2.18. The van der Waals surface area contributed by atoms with E-state index >= 15 is 0 Å². The number of nitrogens with one attached hydrogen (secondary N) is 2. The number of aliphatic hydroxyl groups excluding tert-OH is 1. The van der Waals surface area contributed by atoms with Crippen LogP contribution in [0.1, 0.15) is 0 Å². The molecule has 0 saturated carbocycles. The van der Waals surface area contributed by atoms with Crippen molar-refractivity contribution >= 4 is 27.7 Å². The van der Waals surface area contributed by atoms with Gasteiger partial charge in [0.1, 0.15) is 5.82 Å². The van der Waals surface area contributed by atoms with Crippen molar-refractivity contribution in [1.29, 1.82) is 0 Å². The van der Waals surface area contributed by atoms with Crippen LogP contribution in [0.25, 0.3) is 0 Å². The SMILES string of the molecule is NNc1ncc(Br)c(NCCO)n1. The average molecular weight is 248 g/mol. The molecule has 0 aromatic carbocycles. The quantitative estimate of drug-likeness (QED) is 0.440. The Kier molecular flexibility index (Phi) is 3.87. The number of aromatic nitrogens is 2. The Hall–Kier alpha value is -0.920. The summed E-state index contributed by atoms with van der Waals surface area (Å²) in [5.41, 5.74) is 2.33. The zero-order valence-electron chi connectivity index (χ0n) is 6.79. The molecular formula is C6H10BrN5O. The Morgan fingerprint density at radius 2 is 2.38 bits per heavy atom. The van der Waals surface area contributed by atoms with Crippen molar-refractivity contribution in [2.24, 2.45) is 5.84 Å². The van der Waals surface area contributed by atoms with Gasteiger partial charge >= 0.3 is 0 Å². The molecule has 0 aliphatic rings. The van der Waals surface area contributed by atoms with Gasteiger partial charge in [0.05, 0.1) is 11.1 Å². The summed E-state index contributed by atoms with van der Waals surface area (Å²) in [5.74, 6) is 6.05. The van der Waals surface area contributed by atoms with Gasteiger partial charge in [0, 0.05) is 12.7 Å². The first-order valence-corrected chi connectivity index (χ1v) is 4.41. The first-order chi connectivity index (χ1) is 6.27. The Balaban J connectivity index is 2.78. The molecule has 7 heteroatoms. The molecule has 0 radical (unpaired) electrons. The molecule has 0 unspecified atom stereocenters.